The Kier molecular flexibility index (Phi) is 2.65. The number of hydrogen-bond acceptors (Lipinski definition) is 2. The predicted molar refractivity (Wildman–Crippen MR) is 48.2 cm³/mol. The lowest BCUT2D eigenvalue weighted by Gasteiger charge is -1.97. The summed E-state index contributed by atoms with van der Waals surface area (Å²) < 4.78 is 0.769. The SMILES string of the molecule is C/C=C(/O)c1ccc(Br)nc1. The lowest BCUT2D eigenvalue weighted by molar-refractivity contribution is 0.510. The first-order chi connectivity index (χ1) is 5.24. The topological polar surface area (TPSA) is 33.1 Å². The maximum Gasteiger partial charge on any atom is 0.120 e. The zero-order valence-electron chi connectivity index (χ0n) is 6.08. The number of rotatable bonds is 1. The number of nitrogens with zero attached hydrogens (tertiary/aromatic N) is 1. The van der Waals surface area contributed by atoms with Crippen LogP contribution in [0.15, 0.2) is 29.0 Å². The van der Waals surface area contributed by atoms with E-state index in [9.17, 15) is 5.11 Å². The largest absolute Gasteiger partial charge is 0.508 e. The molecule has 0 atom stereocenters. The molecule has 0 bridgehead atoms. The summed E-state index contributed by atoms with van der Waals surface area (Å²) in [6.45, 7) is 1.78. The number of hydrogen-bond donors (Lipinski definition) is 1. The van der Waals surface area contributed by atoms with Gasteiger partial charge in [0.1, 0.15) is 10.4 Å². The van der Waals surface area contributed by atoms with Crippen molar-refractivity contribution >= 4 is 21.7 Å². The van der Waals surface area contributed by atoms with Crippen LogP contribution in [0.3, 0.4) is 0 Å². The third-order valence-corrected chi connectivity index (χ3v) is 1.77. The zero-order chi connectivity index (χ0) is 8.27. The smallest absolute Gasteiger partial charge is 0.120 e. The molecule has 0 aliphatic heterocycles. The number of aliphatic hydroxyl groups excluding tert-OH is 1. The molecule has 0 amide bonds. The highest BCUT2D eigenvalue weighted by Gasteiger charge is 1.96. The van der Waals surface area contributed by atoms with E-state index in [0.29, 0.717) is 0 Å². The molecule has 1 rings (SSSR count). The standard InChI is InChI=1S/C8H8BrNO/c1-2-7(11)6-3-4-8(9)10-5-6/h2-5,11H,1H3/b7-2+. The van der Waals surface area contributed by atoms with Gasteiger partial charge in [-0.2, -0.15) is 0 Å². The summed E-state index contributed by atoms with van der Waals surface area (Å²) in [5.41, 5.74) is 0.732. The van der Waals surface area contributed by atoms with Crippen LogP contribution in [0.5, 0.6) is 0 Å². The average Bonchev–Trinajstić information content (AvgIpc) is 2.05. The quantitative estimate of drug-likeness (QED) is 0.575. The Labute approximate surface area is 73.7 Å². The van der Waals surface area contributed by atoms with Gasteiger partial charge in [0.05, 0.1) is 0 Å². The Hall–Kier alpha value is -0.830. The Morgan fingerprint density at radius 3 is 2.82 bits per heavy atom. The summed E-state index contributed by atoms with van der Waals surface area (Å²) in [6, 6.07) is 3.58. The monoisotopic (exact) mass is 213 g/mol. The van der Waals surface area contributed by atoms with Crippen molar-refractivity contribution in [3.05, 3.63) is 34.6 Å². The van der Waals surface area contributed by atoms with Crippen LogP contribution in [0.25, 0.3) is 5.76 Å². The fourth-order valence-electron chi connectivity index (χ4n) is 0.694. The van der Waals surface area contributed by atoms with Crippen molar-refractivity contribution in [2.24, 2.45) is 0 Å². The average molecular weight is 214 g/mol. The number of aliphatic hydroxyl groups is 1. The van der Waals surface area contributed by atoms with E-state index in [2.05, 4.69) is 20.9 Å². The molecule has 0 aliphatic rings. The van der Waals surface area contributed by atoms with E-state index in [1.54, 1.807) is 31.3 Å². The van der Waals surface area contributed by atoms with Gasteiger partial charge in [-0.3, -0.25) is 0 Å². The van der Waals surface area contributed by atoms with Gasteiger partial charge in [-0.25, -0.2) is 4.98 Å². The highest BCUT2D eigenvalue weighted by molar-refractivity contribution is 9.10. The highest BCUT2D eigenvalue weighted by atomic mass is 79.9. The maximum atomic E-state index is 9.23. The van der Waals surface area contributed by atoms with Crippen LogP contribution in [0.2, 0.25) is 0 Å². The van der Waals surface area contributed by atoms with Gasteiger partial charge < -0.3 is 5.11 Å². The summed E-state index contributed by atoms with van der Waals surface area (Å²) in [5, 5.41) is 9.23. The van der Waals surface area contributed by atoms with Crippen LogP contribution in [0, 0.1) is 0 Å². The molecule has 0 spiro atoms. The van der Waals surface area contributed by atoms with Crippen LogP contribution in [-0.2, 0) is 0 Å². The highest BCUT2D eigenvalue weighted by Crippen LogP contribution is 2.12. The Bertz CT molecular complexity index is 266. The molecule has 0 saturated heterocycles. The van der Waals surface area contributed by atoms with Crippen LogP contribution < -0.4 is 0 Å². The second kappa shape index (κ2) is 3.53. The van der Waals surface area contributed by atoms with Crippen molar-refractivity contribution in [2.45, 2.75) is 6.92 Å². The molecule has 11 heavy (non-hydrogen) atoms. The van der Waals surface area contributed by atoms with Crippen molar-refractivity contribution in [2.75, 3.05) is 0 Å². The van der Waals surface area contributed by atoms with Gasteiger partial charge in [0.2, 0.25) is 0 Å². The van der Waals surface area contributed by atoms with Gasteiger partial charge in [-0.05, 0) is 41.1 Å². The first-order valence-corrected chi connectivity index (χ1v) is 4.00. The Morgan fingerprint density at radius 1 is 1.64 bits per heavy atom. The molecule has 3 heteroatoms. The van der Waals surface area contributed by atoms with Crippen molar-refractivity contribution in [1.82, 2.24) is 4.98 Å². The molecule has 1 aromatic rings. The van der Waals surface area contributed by atoms with Gasteiger partial charge in [0.15, 0.2) is 0 Å². The first kappa shape index (κ1) is 8.27. The summed E-state index contributed by atoms with van der Waals surface area (Å²) in [5.74, 6) is 0.255. The zero-order valence-corrected chi connectivity index (χ0v) is 7.67. The molecule has 0 fully saturated rings. The molecule has 0 aromatic carbocycles. The van der Waals surface area contributed by atoms with Crippen LogP contribution in [-0.4, -0.2) is 10.1 Å². The molecular weight excluding hydrogens is 206 g/mol. The Morgan fingerprint density at radius 2 is 2.36 bits per heavy atom. The van der Waals surface area contributed by atoms with Crippen LogP contribution in [0.1, 0.15) is 12.5 Å². The molecular formula is C8H8BrNO. The fourth-order valence-corrected chi connectivity index (χ4v) is 0.929. The second-order valence-corrected chi connectivity index (χ2v) is 2.86. The normalized spacial score (nSPS) is 11.6. The number of allylic oxidation sites excluding steroid dienone is 1. The third-order valence-electron chi connectivity index (χ3n) is 1.30. The summed E-state index contributed by atoms with van der Waals surface area (Å²) in [7, 11) is 0. The molecule has 1 heterocycles. The van der Waals surface area contributed by atoms with Crippen molar-refractivity contribution < 1.29 is 5.11 Å². The minimum absolute atomic E-state index is 0.255. The van der Waals surface area contributed by atoms with E-state index < -0.39 is 0 Å². The van der Waals surface area contributed by atoms with Gasteiger partial charge >= 0.3 is 0 Å². The van der Waals surface area contributed by atoms with E-state index in [1.807, 2.05) is 0 Å². The molecule has 1 aromatic heterocycles. The number of pyridine rings is 1. The van der Waals surface area contributed by atoms with E-state index in [-0.39, 0.29) is 5.76 Å². The van der Waals surface area contributed by atoms with E-state index in [0.717, 1.165) is 10.2 Å². The lowest BCUT2D eigenvalue weighted by atomic mass is 10.2. The maximum absolute atomic E-state index is 9.23. The van der Waals surface area contributed by atoms with Gasteiger partial charge in [-0.1, -0.05) is 0 Å². The summed E-state index contributed by atoms with van der Waals surface area (Å²) in [6.07, 6.45) is 3.24. The van der Waals surface area contributed by atoms with Crippen LogP contribution in [0.4, 0.5) is 0 Å². The van der Waals surface area contributed by atoms with Crippen molar-refractivity contribution in [3.8, 4) is 0 Å². The minimum atomic E-state index is 0.255. The first-order valence-electron chi connectivity index (χ1n) is 3.21. The van der Waals surface area contributed by atoms with Crippen molar-refractivity contribution in [3.63, 3.8) is 0 Å². The summed E-state index contributed by atoms with van der Waals surface area (Å²) in [4.78, 5) is 3.96. The van der Waals surface area contributed by atoms with Gasteiger partial charge in [0.25, 0.3) is 0 Å². The molecule has 0 saturated carbocycles. The molecule has 0 radical (unpaired) electrons. The molecule has 1 N–H and O–H groups in total. The third kappa shape index (κ3) is 2.05. The predicted octanol–water partition coefficient (Wildman–Crippen LogP) is 2.76. The second-order valence-electron chi connectivity index (χ2n) is 2.04. The van der Waals surface area contributed by atoms with E-state index in [1.165, 1.54) is 0 Å². The van der Waals surface area contributed by atoms with E-state index in [4.69, 9.17) is 0 Å². The van der Waals surface area contributed by atoms with Crippen LogP contribution >= 0.6 is 15.9 Å². The number of aromatic nitrogens is 1. The molecule has 0 aliphatic carbocycles. The number of halogens is 1. The Balaban J connectivity index is 2.99. The lowest BCUT2D eigenvalue weighted by Crippen LogP contribution is -1.83. The molecule has 0 unspecified atom stereocenters. The molecule has 58 valence electrons. The van der Waals surface area contributed by atoms with E-state index >= 15 is 0 Å². The fraction of sp³-hybridized carbons (Fsp3) is 0.125. The van der Waals surface area contributed by atoms with Gasteiger partial charge in [-0.15, -0.1) is 0 Å². The van der Waals surface area contributed by atoms with Gasteiger partial charge in [0, 0.05) is 11.8 Å². The summed E-state index contributed by atoms with van der Waals surface area (Å²) >= 11 is 3.20. The molecule has 2 nitrogen and oxygen atoms in total. The minimum Gasteiger partial charge on any atom is -0.508 e. The van der Waals surface area contributed by atoms with Crippen molar-refractivity contribution in [1.29, 1.82) is 0 Å².